The first-order valence-corrected chi connectivity index (χ1v) is 19.0. The number of carboxylic acids is 14. The Kier molecular flexibility index (Phi) is 37.9. The van der Waals surface area contributed by atoms with Crippen molar-refractivity contribution in [2.24, 2.45) is 0 Å². The zero-order valence-corrected chi connectivity index (χ0v) is 36.4. The molecule has 0 aromatic carbocycles. The maximum absolute atomic E-state index is 13.7. The van der Waals surface area contributed by atoms with E-state index < -0.39 is 218 Å². The van der Waals surface area contributed by atoms with Gasteiger partial charge in [0.1, 0.15) is 0 Å². The van der Waals surface area contributed by atoms with Gasteiger partial charge in [0.15, 0.2) is 24.4 Å². The van der Waals surface area contributed by atoms with Crippen LogP contribution in [-0.2, 0) is 115 Å². The third-order valence-corrected chi connectivity index (χ3v) is 8.88. The second-order valence-electron chi connectivity index (χ2n) is 14.7. The Morgan fingerprint density at radius 1 is 0.282 bits per heavy atom. The van der Waals surface area contributed by atoms with E-state index in [9.17, 15) is 158 Å². The monoisotopic (exact) mass is 1250 g/mol. The number of aliphatic carboxylic acids is 14. The molecule has 426 valence electrons. The third-order valence-electron chi connectivity index (χ3n) is 8.88. The first-order chi connectivity index (χ1) is 33.7. The van der Waals surface area contributed by atoms with Gasteiger partial charge >= 0.3 is 258 Å². The van der Waals surface area contributed by atoms with Gasteiger partial charge in [0, 0.05) is 0 Å². The fourth-order valence-corrected chi connectivity index (χ4v) is 5.86. The van der Waals surface area contributed by atoms with Crippen molar-refractivity contribution >= 4 is 258 Å². The third kappa shape index (κ3) is 26.6. The van der Waals surface area contributed by atoms with Crippen molar-refractivity contribution in [2.45, 2.75) is 111 Å². The molecule has 0 aliphatic heterocycles. The summed E-state index contributed by atoms with van der Waals surface area (Å²) in [6.45, 7) is 0. The fourth-order valence-electron chi connectivity index (χ4n) is 5.86. The van der Waals surface area contributed by atoms with Gasteiger partial charge in [-0.15, -0.1) is 0 Å². The van der Waals surface area contributed by atoms with Crippen molar-refractivity contribution < 1.29 is 186 Å². The van der Waals surface area contributed by atoms with Crippen LogP contribution in [0, 0.1) is 0 Å². The van der Waals surface area contributed by atoms with E-state index in [2.05, 4.69) is 18.9 Å². The fraction of sp³-hybridized carbons (Fsp3) is 0.500. The molecule has 0 aromatic rings. The van der Waals surface area contributed by atoms with E-state index in [1.807, 2.05) is 0 Å². The zero-order chi connectivity index (χ0) is 58.0. The average molecular weight is 1250 g/mol. The van der Waals surface area contributed by atoms with Crippen LogP contribution in [0.25, 0.3) is 0 Å². The molecule has 0 spiro atoms. The summed E-state index contributed by atoms with van der Waals surface area (Å²) >= 11 is 0. The summed E-state index contributed by atoms with van der Waals surface area (Å²) in [5.41, 5.74) is -15.2. The second-order valence-corrected chi connectivity index (χ2v) is 14.7. The van der Waals surface area contributed by atoms with Crippen LogP contribution in [0.5, 0.6) is 0 Å². The van der Waals surface area contributed by atoms with Crippen molar-refractivity contribution in [3.63, 3.8) is 0 Å². The summed E-state index contributed by atoms with van der Waals surface area (Å²) in [5, 5.41) is 134. The number of ether oxygens (including phenoxy) is 6. The van der Waals surface area contributed by atoms with E-state index >= 15 is 0 Å². The van der Waals surface area contributed by atoms with Crippen molar-refractivity contribution in [3.05, 3.63) is 0 Å². The Morgan fingerprint density at radius 3 is 0.590 bits per heavy atom. The molecule has 0 aliphatic rings. The molecule has 0 saturated carbocycles. The molecule has 14 N–H and O–H groups in total. The molecule has 4 unspecified atom stereocenters. The predicted molar refractivity (Wildman–Crippen MR) is 240 cm³/mol. The van der Waals surface area contributed by atoms with E-state index in [4.69, 9.17) is 9.47 Å². The minimum absolute atomic E-state index is 0. The Labute approximate surface area is 549 Å². The number of esters is 4. The Balaban J connectivity index is -0.00000444. The van der Waals surface area contributed by atoms with Gasteiger partial charge in [0.2, 0.25) is 22.4 Å². The van der Waals surface area contributed by atoms with Crippen molar-refractivity contribution in [1.82, 2.24) is 0 Å². The predicted octanol–water partition coefficient (Wildman–Crippen LogP) is -8.96. The van der Waals surface area contributed by atoms with Crippen LogP contribution >= 0.6 is 0 Å². The molecule has 0 bridgehead atoms. The Bertz CT molecular complexity index is 2140. The Hall–Kier alpha value is -4.58. The van der Waals surface area contributed by atoms with Crippen LogP contribution in [0.15, 0.2) is 0 Å². The zero-order valence-electron chi connectivity index (χ0n) is 36.4. The second kappa shape index (κ2) is 35.9. The van der Waals surface area contributed by atoms with E-state index in [0.29, 0.717) is 0 Å². The molecule has 0 aromatic heterocycles. The summed E-state index contributed by atoms with van der Waals surface area (Å²) in [4.78, 5) is 221. The molecule has 0 fully saturated rings. The van der Waals surface area contributed by atoms with Crippen LogP contribution in [0.3, 0.4) is 0 Å². The molecule has 0 rings (SSSR count). The Morgan fingerprint density at radius 2 is 0.449 bits per heavy atom. The molecule has 42 heteroatoms. The number of rotatable bonds is 37. The first-order valence-electron chi connectivity index (χ1n) is 19.0. The summed E-state index contributed by atoms with van der Waals surface area (Å²) in [5.74, 6) is -44.8. The van der Waals surface area contributed by atoms with Gasteiger partial charge in [-0.05, 0) is 0 Å². The summed E-state index contributed by atoms with van der Waals surface area (Å²) < 4.78 is 27.6. The molecule has 78 heavy (non-hydrogen) atoms. The summed E-state index contributed by atoms with van der Waals surface area (Å²) in [6, 6.07) is 0. The van der Waals surface area contributed by atoms with Crippen LogP contribution in [-0.4, -0.2) is 377 Å². The van der Waals surface area contributed by atoms with Crippen molar-refractivity contribution in [3.8, 4) is 0 Å². The molecule has 0 heterocycles. The topological polar surface area (TPSA) is 646 Å². The number of hydrogen-bond donors (Lipinski definition) is 14. The molecule has 4 atom stereocenters. The molecule has 0 aliphatic carbocycles. The van der Waals surface area contributed by atoms with Gasteiger partial charge in [-0.1, -0.05) is 0 Å². The number of carboxylic acid groups (broad SMARTS) is 14. The first kappa shape index (κ1) is 82.3. The summed E-state index contributed by atoms with van der Waals surface area (Å²) in [7, 11) is 0. The van der Waals surface area contributed by atoms with E-state index in [-0.39, 0.29) is 151 Å². The van der Waals surface area contributed by atoms with Gasteiger partial charge < -0.3 is 99.9 Å². The normalized spacial score (nSPS) is 12.5. The standard InChI is InChI=1S/C36H38O38.4Ca.8H/c37-13(38)3-33(29(61)62,4-14(39)40)71-21(53)1-11(27(59)73-35(31(65)66,7-17(45)46)8-18(47)48)69-23(25(55)56)24(26(57)58)70-12(28(60)74-36(32(67)68,9-19(49)50)10-20(51)52)2-22(54)72-34(30(63)64,5-15(41)42)6-16(43)44;;;;;;;;;;;;/h11-12,23-24H,1-10H2,(H,37,38)(H,39,40)(H,41,42)(H,43,44)(H,45,46)(H,47,48)(H,49,50)(H,51,52)(H,55,56)(H,57,58)(H,61,62)(H,63,64)(H,65,66)(H,67,68);;;;;;;;;;;;. The minimum atomic E-state index is -3.87. The number of carbonyl (C=O) groups is 18. The molecular formula is C36H46Ca4O38. The quantitative estimate of drug-likeness (QED) is 0.0156. The molecule has 0 saturated heterocycles. The maximum atomic E-state index is 13.7. The van der Waals surface area contributed by atoms with Crippen molar-refractivity contribution in [2.75, 3.05) is 0 Å². The van der Waals surface area contributed by atoms with E-state index in [0.717, 1.165) is 0 Å². The van der Waals surface area contributed by atoms with Crippen molar-refractivity contribution in [1.29, 1.82) is 0 Å². The molecule has 0 amide bonds. The van der Waals surface area contributed by atoms with Crippen LogP contribution in [0.4, 0.5) is 0 Å². The van der Waals surface area contributed by atoms with Gasteiger partial charge in [0.05, 0.1) is 64.2 Å². The van der Waals surface area contributed by atoms with Gasteiger partial charge in [-0.25, -0.2) is 38.4 Å². The molecule has 0 radical (unpaired) electrons. The molecule has 38 nitrogen and oxygen atoms in total. The number of carbonyl (C=O) groups excluding carboxylic acids is 4. The SMILES string of the molecule is O=C(O)CC(CC(=O)O)(OC(=O)CC(OC(C(=O)O)C(OC(CC(=O)OC(CC(=O)O)(CC(=O)O)C(=O)O)C(=O)OC(CC(=O)O)(CC(=O)O)C(=O)O)C(=O)O)C(=O)OC(CC(=O)O)(CC(=O)O)C(=O)O)C(=O)O.[CaH2].[CaH2].[CaH2].[CaH2]. The van der Waals surface area contributed by atoms with Gasteiger partial charge in [-0.3, -0.25) is 47.9 Å². The van der Waals surface area contributed by atoms with Crippen LogP contribution in [0.2, 0.25) is 0 Å². The summed E-state index contributed by atoms with van der Waals surface area (Å²) in [6.07, 6.45) is -35.4. The van der Waals surface area contributed by atoms with Gasteiger partial charge in [-0.2, -0.15) is 0 Å². The van der Waals surface area contributed by atoms with E-state index in [1.54, 1.807) is 0 Å². The van der Waals surface area contributed by atoms with Gasteiger partial charge in [0.25, 0.3) is 0 Å². The van der Waals surface area contributed by atoms with Crippen LogP contribution in [0.1, 0.15) is 64.2 Å². The number of hydrogen-bond acceptors (Lipinski definition) is 24. The molecular weight excluding hydrogens is 1200 g/mol. The van der Waals surface area contributed by atoms with E-state index in [1.165, 1.54) is 0 Å². The average Bonchev–Trinajstić information content (AvgIpc) is 3.18. The van der Waals surface area contributed by atoms with Crippen LogP contribution < -0.4 is 0 Å².